The molecule has 0 saturated heterocycles. The Bertz CT molecular complexity index is 2540. The number of unbranched alkanes of at least 4 members (excludes halogenated alkanes) is 5. The highest BCUT2D eigenvalue weighted by molar-refractivity contribution is 6.58. The van der Waals surface area contributed by atoms with Crippen LogP contribution in [0.4, 0.5) is 0 Å². The molecule has 0 bridgehead atoms. The molecule has 296 valence electrons. The van der Waals surface area contributed by atoms with Crippen LogP contribution in [0.3, 0.4) is 0 Å². The molecule has 4 heteroatoms. The summed E-state index contributed by atoms with van der Waals surface area (Å²) in [5, 5.41) is 18.8. The van der Waals surface area contributed by atoms with Crippen molar-refractivity contribution >= 4 is 12.6 Å². The lowest BCUT2D eigenvalue weighted by Gasteiger charge is -2.10. The van der Waals surface area contributed by atoms with Gasteiger partial charge in [-0.2, -0.15) is 0 Å². The summed E-state index contributed by atoms with van der Waals surface area (Å²) in [6, 6.07) is 68.2. The number of hydrogen-bond donors (Lipinski definition) is 2. The van der Waals surface area contributed by atoms with Crippen LogP contribution in [0.15, 0.2) is 194 Å². The maximum absolute atomic E-state index is 9.38. The van der Waals surface area contributed by atoms with E-state index in [1.807, 2.05) is 12.1 Å². The molecule has 0 spiro atoms. The van der Waals surface area contributed by atoms with Gasteiger partial charge in [0.1, 0.15) is 5.75 Å². The van der Waals surface area contributed by atoms with E-state index in [0.29, 0.717) is 5.46 Å². The van der Waals surface area contributed by atoms with E-state index in [2.05, 4.69) is 177 Å². The summed E-state index contributed by atoms with van der Waals surface area (Å²) in [6.45, 7) is 3.04. The Kier molecular flexibility index (Phi) is 13.1. The van der Waals surface area contributed by atoms with Crippen molar-refractivity contribution in [2.45, 2.75) is 45.4 Å². The van der Waals surface area contributed by atoms with Crippen molar-refractivity contribution < 1.29 is 14.8 Å². The second kappa shape index (κ2) is 19.5. The van der Waals surface area contributed by atoms with Crippen molar-refractivity contribution in [1.82, 2.24) is 0 Å². The molecule has 8 aromatic carbocycles. The lowest BCUT2D eigenvalue weighted by atomic mass is 9.80. The summed E-state index contributed by atoms with van der Waals surface area (Å²) in [5.41, 5.74) is 16.9. The Morgan fingerprint density at radius 3 is 0.767 bits per heavy atom. The van der Waals surface area contributed by atoms with Crippen LogP contribution in [0.2, 0.25) is 0 Å². The zero-order chi connectivity index (χ0) is 41.1. The molecular weight excluding hydrogens is 731 g/mol. The number of ether oxygens (including phenoxy) is 1. The summed E-state index contributed by atoms with van der Waals surface area (Å²) in [5.74, 6) is 0.945. The lowest BCUT2D eigenvalue weighted by Crippen LogP contribution is -2.29. The molecule has 8 rings (SSSR count). The molecule has 0 atom stereocenters. The largest absolute Gasteiger partial charge is 0.494 e. The molecule has 0 aliphatic rings. The predicted octanol–water partition coefficient (Wildman–Crippen LogP) is 13.8. The highest BCUT2D eigenvalue weighted by Crippen LogP contribution is 2.32. The highest BCUT2D eigenvalue weighted by Gasteiger charge is 2.11. The standard InChI is InChI=1S/C56H51BO3/c1-2-3-4-5-6-7-40-60-56-38-34-54(35-39-56)52-30-26-50(27-31-52)48-22-18-46(19-23-48)44-14-10-42(11-15-44)41-8-12-43(13-9-41)45-16-20-47(21-17-45)49-24-28-51(29-25-49)53-32-36-55(37-33-53)57(58)59/h8-39,58-59H,2-7,40H2,1H3. The second-order valence-corrected chi connectivity index (χ2v) is 15.6. The van der Waals surface area contributed by atoms with Gasteiger partial charge in [0.15, 0.2) is 0 Å². The van der Waals surface area contributed by atoms with Crippen LogP contribution in [-0.2, 0) is 0 Å². The van der Waals surface area contributed by atoms with Crippen LogP contribution in [0.5, 0.6) is 5.75 Å². The zero-order valence-electron chi connectivity index (χ0n) is 34.3. The molecule has 3 nitrogen and oxygen atoms in total. The minimum atomic E-state index is -1.45. The van der Waals surface area contributed by atoms with E-state index in [-0.39, 0.29) is 0 Å². The molecule has 0 aliphatic heterocycles. The quantitative estimate of drug-likeness (QED) is 0.0758. The molecule has 8 aromatic rings. The van der Waals surface area contributed by atoms with Gasteiger partial charge in [0.25, 0.3) is 0 Å². The molecule has 0 amide bonds. The van der Waals surface area contributed by atoms with Crippen LogP contribution in [0.25, 0.3) is 77.9 Å². The van der Waals surface area contributed by atoms with Crippen molar-refractivity contribution in [1.29, 1.82) is 0 Å². The Balaban J connectivity index is 0.840. The number of benzene rings is 8. The van der Waals surface area contributed by atoms with Gasteiger partial charge < -0.3 is 14.8 Å². The topological polar surface area (TPSA) is 49.7 Å². The van der Waals surface area contributed by atoms with Gasteiger partial charge in [0.2, 0.25) is 0 Å². The van der Waals surface area contributed by atoms with Crippen molar-refractivity contribution in [2.75, 3.05) is 6.61 Å². The van der Waals surface area contributed by atoms with Crippen molar-refractivity contribution in [3.05, 3.63) is 194 Å². The minimum Gasteiger partial charge on any atom is -0.494 e. The normalized spacial score (nSPS) is 11.1. The molecule has 2 N–H and O–H groups in total. The number of rotatable bonds is 16. The third-order valence-electron chi connectivity index (χ3n) is 11.5. The van der Waals surface area contributed by atoms with Gasteiger partial charge in [-0.05, 0) is 102 Å². The SMILES string of the molecule is CCCCCCCCOc1ccc(-c2ccc(-c3ccc(-c4ccc(-c5ccc(-c6ccc(-c7ccc(-c8ccc(B(O)O)cc8)cc7)cc6)cc5)cc4)cc3)cc2)cc1. The summed E-state index contributed by atoms with van der Waals surface area (Å²) in [4.78, 5) is 0. The van der Waals surface area contributed by atoms with Crippen molar-refractivity contribution in [2.24, 2.45) is 0 Å². The van der Waals surface area contributed by atoms with Crippen LogP contribution in [0.1, 0.15) is 45.4 Å². The predicted molar refractivity (Wildman–Crippen MR) is 253 cm³/mol. The zero-order valence-corrected chi connectivity index (χ0v) is 34.3. The molecule has 0 unspecified atom stereocenters. The van der Waals surface area contributed by atoms with Gasteiger partial charge in [-0.3, -0.25) is 0 Å². The Hall–Kier alpha value is -6.46. The third kappa shape index (κ3) is 10.0. The Labute approximate surface area is 355 Å². The number of hydrogen-bond acceptors (Lipinski definition) is 3. The van der Waals surface area contributed by atoms with E-state index in [1.54, 1.807) is 12.1 Å². The van der Waals surface area contributed by atoms with Gasteiger partial charge >= 0.3 is 7.12 Å². The first-order chi connectivity index (χ1) is 29.5. The third-order valence-corrected chi connectivity index (χ3v) is 11.5. The van der Waals surface area contributed by atoms with Crippen LogP contribution < -0.4 is 10.2 Å². The fraction of sp³-hybridized carbons (Fsp3) is 0.143. The maximum atomic E-state index is 9.38. The second-order valence-electron chi connectivity index (χ2n) is 15.6. The van der Waals surface area contributed by atoms with E-state index in [4.69, 9.17) is 4.74 Å². The van der Waals surface area contributed by atoms with Gasteiger partial charge in [-0.1, -0.05) is 221 Å². The molecular formula is C56H51BO3. The van der Waals surface area contributed by atoms with Crippen molar-refractivity contribution in [3.8, 4) is 83.6 Å². The van der Waals surface area contributed by atoms with E-state index in [0.717, 1.165) is 41.0 Å². The molecule has 0 aliphatic carbocycles. The van der Waals surface area contributed by atoms with Crippen LogP contribution >= 0.6 is 0 Å². The van der Waals surface area contributed by atoms with Crippen molar-refractivity contribution in [3.63, 3.8) is 0 Å². The minimum absolute atomic E-state index is 0.485. The lowest BCUT2D eigenvalue weighted by molar-refractivity contribution is 0.304. The molecule has 0 saturated carbocycles. The summed E-state index contributed by atoms with van der Waals surface area (Å²) < 4.78 is 5.99. The van der Waals surface area contributed by atoms with E-state index in [9.17, 15) is 10.0 Å². The molecule has 0 radical (unpaired) electrons. The van der Waals surface area contributed by atoms with Gasteiger partial charge in [0.05, 0.1) is 6.61 Å². The van der Waals surface area contributed by atoms with E-state index < -0.39 is 7.12 Å². The molecule has 0 fully saturated rings. The average molecular weight is 783 g/mol. The van der Waals surface area contributed by atoms with Gasteiger partial charge in [-0.15, -0.1) is 0 Å². The summed E-state index contributed by atoms with van der Waals surface area (Å²) >= 11 is 0. The average Bonchev–Trinajstić information content (AvgIpc) is 3.32. The van der Waals surface area contributed by atoms with Crippen LogP contribution in [-0.4, -0.2) is 23.8 Å². The molecule has 60 heavy (non-hydrogen) atoms. The first-order valence-corrected chi connectivity index (χ1v) is 21.3. The first-order valence-electron chi connectivity index (χ1n) is 21.3. The monoisotopic (exact) mass is 782 g/mol. The smallest absolute Gasteiger partial charge is 0.488 e. The van der Waals surface area contributed by atoms with Gasteiger partial charge in [0, 0.05) is 0 Å². The summed E-state index contributed by atoms with van der Waals surface area (Å²) in [6.07, 6.45) is 7.63. The Morgan fingerprint density at radius 1 is 0.300 bits per heavy atom. The van der Waals surface area contributed by atoms with E-state index in [1.165, 1.54) is 87.7 Å². The first kappa shape index (κ1) is 40.3. The fourth-order valence-corrected chi connectivity index (χ4v) is 7.79. The van der Waals surface area contributed by atoms with Gasteiger partial charge in [-0.25, -0.2) is 0 Å². The highest BCUT2D eigenvalue weighted by atomic mass is 16.5. The Morgan fingerprint density at radius 2 is 0.517 bits per heavy atom. The molecule has 0 heterocycles. The molecule has 0 aromatic heterocycles. The maximum Gasteiger partial charge on any atom is 0.488 e. The fourth-order valence-electron chi connectivity index (χ4n) is 7.79. The summed E-state index contributed by atoms with van der Waals surface area (Å²) in [7, 11) is -1.45. The van der Waals surface area contributed by atoms with E-state index >= 15 is 0 Å². The van der Waals surface area contributed by atoms with Crippen LogP contribution in [0, 0.1) is 0 Å².